The van der Waals surface area contributed by atoms with Gasteiger partial charge in [-0.25, -0.2) is 4.98 Å². The standard InChI is InChI=1S/C21H24N4O3.ClH/c1-27-18-6-5-16(24-21(26)15-7-9-22-10-8-15)12-19(18)28-14-17-13-25-11-3-2-4-20(25)23-17;/h2-6,11-13,15,22H,7-10,14H2,1H3,(H,24,26);1H. The number of nitrogens with one attached hydrogen (secondary N) is 2. The zero-order valence-electron chi connectivity index (χ0n) is 16.3. The van der Waals surface area contributed by atoms with Gasteiger partial charge in [0.2, 0.25) is 5.91 Å². The lowest BCUT2D eigenvalue weighted by Crippen LogP contribution is -2.34. The number of hydrogen-bond donors (Lipinski definition) is 2. The van der Waals surface area contributed by atoms with Gasteiger partial charge in [0.25, 0.3) is 0 Å². The number of piperidine rings is 1. The van der Waals surface area contributed by atoms with E-state index in [1.54, 1.807) is 19.2 Å². The van der Waals surface area contributed by atoms with Crippen molar-refractivity contribution in [1.82, 2.24) is 14.7 Å². The van der Waals surface area contributed by atoms with Crippen LogP contribution in [0.25, 0.3) is 5.65 Å². The number of carbonyl (C=O) groups is 1. The molecular formula is C21H25ClN4O3. The molecule has 2 aromatic heterocycles. The molecule has 8 heteroatoms. The van der Waals surface area contributed by atoms with Crippen molar-refractivity contribution in [2.45, 2.75) is 19.4 Å². The lowest BCUT2D eigenvalue weighted by molar-refractivity contribution is -0.120. The molecule has 4 rings (SSSR count). The molecule has 0 spiro atoms. The molecule has 0 bridgehead atoms. The Hall–Kier alpha value is -2.77. The minimum Gasteiger partial charge on any atom is -0.493 e. The molecule has 0 aliphatic carbocycles. The average molecular weight is 417 g/mol. The molecule has 1 saturated heterocycles. The summed E-state index contributed by atoms with van der Waals surface area (Å²) in [6, 6.07) is 11.3. The molecule has 1 aliphatic heterocycles. The Morgan fingerprint density at radius 3 is 2.83 bits per heavy atom. The van der Waals surface area contributed by atoms with Gasteiger partial charge in [-0.2, -0.15) is 0 Å². The van der Waals surface area contributed by atoms with Crippen LogP contribution < -0.4 is 20.1 Å². The zero-order valence-corrected chi connectivity index (χ0v) is 17.1. The molecule has 2 N–H and O–H groups in total. The van der Waals surface area contributed by atoms with E-state index < -0.39 is 0 Å². The largest absolute Gasteiger partial charge is 0.493 e. The third-order valence-electron chi connectivity index (χ3n) is 4.93. The van der Waals surface area contributed by atoms with Gasteiger partial charge in [0, 0.05) is 30.1 Å². The monoisotopic (exact) mass is 416 g/mol. The Kier molecular flexibility index (Phi) is 6.95. The van der Waals surface area contributed by atoms with E-state index >= 15 is 0 Å². The van der Waals surface area contributed by atoms with E-state index in [4.69, 9.17) is 9.47 Å². The van der Waals surface area contributed by atoms with E-state index in [0.717, 1.165) is 37.3 Å². The second kappa shape index (κ2) is 9.62. The summed E-state index contributed by atoms with van der Waals surface area (Å²) in [5, 5.41) is 6.28. The maximum absolute atomic E-state index is 12.5. The van der Waals surface area contributed by atoms with Crippen molar-refractivity contribution in [3.8, 4) is 11.5 Å². The van der Waals surface area contributed by atoms with Crippen LogP contribution in [0, 0.1) is 5.92 Å². The maximum atomic E-state index is 12.5. The first kappa shape index (κ1) is 21.0. The second-order valence-electron chi connectivity index (χ2n) is 6.87. The lowest BCUT2D eigenvalue weighted by atomic mass is 9.97. The van der Waals surface area contributed by atoms with Crippen molar-refractivity contribution in [2.75, 3.05) is 25.5 Å². The van der Waals surface area contributed by atoms with Crippen molar-refractivity contribution >= 4 is 29.6 Å². The third-order valence-corrected chi connectivity index (χ3v) is 4.93. The Labute approximate surface area is 175 Å². The second-order valence-corrected chi connectivity index (χ2v) is 6.87. The zero-order chi connectivity index (χ0) is 19.3. The van der Waals surface area contributed by atoms with E-state index in [2.05, 4.69) is 15.6 Å². The van der Waals surface area contributed by atoms with Gasteiger partial charge in [-0.15, -0.1) is 12.4 Å². The van der Waals surface area contributed by atoms with Crippen LogP contribution in [0.1, 0.15) is 18.5 Å². The average Bonchev–Trinajstić information content (AvgIpc) is 3.16. The van der Waals surface area contributed by atoms with Gasteiger partial charge in [-0.05, 0) is 50.2 Å². The quantitative estimate of drug-likeness (QED) is 0.644. The predicted octanol–water partition coefficient (Wildman–Crippen LogP) is 3.28. The molecule has 1 aliphatic rings. The van der Waals surface area contributed by atoms with Gasteiger partial charge in [0.05, 0.1) is 12.8 Å². The van der Waals surface area contributed by atoms with E-state index in [1.165, 1.54) is 0 Å². The summed E-state index contributed by atoms with van der Waals surface area (Å²) in [5.41, 5.74) is 2.39. The summed E-state index contributed by atoms with van der Waals surface area (Å²) >= 11 is 0. The van der Waals surface area contributed by atoms with Gasteiger partial charge in [-0.3, -0.25) is 4.79 Å². The number of rotatable bonds is 6. The van der Waals surface area contributed by atoms with Gasteiger partial charge in [0.1, 0.15) is 12.3 Å². The van der Waals surface area contributed by atoms with Crippen molar-refractivity contribution in [3.63, 3.8) is 0 Å². The smallest absolute Gasteiger partial charge is 0.227 e. The molecule has 1 amide bonds. The molecule has 0 atom stereocenters. The summed E-state index contributed by atoms with van der Waals surface area (Å²) < 4.78 is 13.3. The molecule has 0 saturated carbocycles. The fraction of sp³-hybridized carbons (Fsp3) is 0.333. The first-order chi connectivity index (χ1) is 13.7. The number of amides is 1. The highest BCUT2D eigenvalue weighted by atomic mass is 35.5. The number of pyridine rings is 1. The van der Waals surface area contributed by atoms with Crippen LogP contribution in [-0.4, -0.2) is 35.5 Å². The number of nitrogens with zero attached hydrogens (tertiary/aromatic N) is 2. The number of benzene rings is 1. The Morgan fingerprint density at radius 2 is 2.07 bits per heavy atom. The number of aromatic nitrogens is 2. The van der Waals surface area contributed by atoms with Crippen LogP contribution in [-0.2, 0) is 11.4 Å². The molecule has 7 nitrogen and oxygen atoms in total. The highest BCUT2D eigenvalue weighted by Crippen LogP contribution is 2.31. The fourth-order valence-corrected chi connectivity index (χ4v) is 3.40. The number of fused-ring (bicyclic) bond motifs is 1. The lowest BCUT2D eigenvalue weighted by Gasteiger charge is -2.22. The third kappa shape index (κ3) is 4.99. The highest BCUT2D eigenvalue weighted by Gasteiger charge is 2.21. The van der Waals surface area contributed by atoms with Crippen LogP contribution in [0.5, 0.6) is 11.5 Å². The van der Waals surface area contributed by atoms with Crippen molar-refractivity contribution in [2.24, 2.45) is 5.92 Å². The molecule has 29 heavy (non-hydrogen) atoms. The number of hydrogen-bond acceptors (Lipinski definition) is 5. The van der Waals surface area contributed by atoms with Gasteiger partial charge < -0.3 is 24.5 Å². The van der Waals surface area contributed by atoms with E-state index in [9.17, 15) is 4.79 Å². The van der Waals surface area contributed by atoms with Crippen LogP contribution >= 0.6 is 12.4 Å². The predicted molar refractivity (Wildman–Crippen MR) is 114 cm³/mol. The normalized spacial score (nSPS) is 14.2. The maximum Gasteiger partial charge on any atom is 0.227 e. The molecule has 1 aromatic carbocycles. The Bertz CT molecular complexity index is 936. The molecular weight excluding hydrogens is 392 g/mol. The summed E-state index contributed by atoms with van der Waals surface area (Å²) in [5.74, 6) is 1.29. The van der Waals surface area contributed by atoms with E-state index in [0.29, 0.717) is 23.8 Å². The van der Waals surface area contributed by atoms with Crippen molar-refractivity contribution in [3.05, 3.63) is 54.5 Å². The molecule has 154 valence electrons. The number of carbonyl (C=O) groups excluding carboxylic acids is 1. The first-order valence-electron chi connectivity index (χ1n) is 9.48. The molecule has 0 unspecified atom stereocenters. The van der Waals surface area contributed by atoms with Gasteiger partial charge >= 0.3 is 0 Å². The Morgan fingerprint density at radius 1 is 1.24 bits per heavy atom. The van der Waals surface area contributed by atoms with Crippen LogP contribution in [0.15, 0.2) is 48.8 Å². The topological polar surface area (TPSA) is 76.9 Å². The SMILES string of the molecule is COc1ccc(NC(=O)C2CCNCC2)cc1OCc1cn2ccccc2n1.Cl. The van der Waals surface area contributed by atoms with Crippen molar-refractivity contribution < 1.29 is 14.3 Å². The summed E-state index contributed by atoms with van der Waals surface area (Å²) in [6.07, 6.45) is 5.60. The number of methoxy groups -OCH3 is 1. The number of imidazole rings is 1. The van der Waals surface area contributed by atoms with Crippen LogP contribution in [0.3, 0.4) is 0 Å². The summed E-state index contributed by atoms with van der Waals surface area (Å²) in [4.78, 5) is 17.0. The molecule has 3 heterocycles. The number of halogens is 1. The van der Waals surface area contributed by atoms with Gasteiger partial charge in [-0.1, -0.05) is 6.07 Å². The molecule has 1 fully saturated rings. The number of anilines is 1. The first-order valence-corrected chi connectivity index (χ1v) is 9.48. The molecule has 0 radical (unpaired) electrons. The van der Waals surface area contributed by atoms with Gasteiger partial charge in [0.15, 0.2) is 11.5 Å². The van der Waals surface area contributed by atoms with E-state index in [-0.39, 0.29) is 24.2 Å². The fourth-order valence-electron chi connectivity index (χ4n) is 3.40. The highest BCUT2D eigenvalue weighted by molar-refractivity contribution is 5.93. The van der Waals surface area contributed by atoms with Crippen molar-refractivity contribution in [1.29, 1.82) is 0 Å². The summed E-state index contributed by atoms with van der Waals surface area (Å²) in [6.45, 7) is 2.08. The van der Waals surface area contributed by atoms with Crippen LogP contribution in [0.4, 0.5) is 5.69 Å². The minimum absolute atomic E-state index is 0. The van der Waals surface area contributed by atoms with E-state index in [1.807, 2.05) is 41.1 Å². The number of ether oxygens (including phenoxy) is 2. The van der Waals surface area contributed by atoms with Crippen LogP contribution in [0.2, 0.25) is 0 Å². The minimum atomic E-state index is 0. The summed E-state index contributed by atoms with van der Waals surface area (Å²) in [7, 11) is 1.60. The molecule has 3 aromatic rings. The Balaban J connectivity index is 0.00000240.